The fraction of sp³-hybridized carbons (Fsp3) is 0.941. The first-order valence-electron chi connectivity index (χ1n) is 9.21. The van der Waals surface area contributed by atoms with Crippen LogP contribution >= 0.6 is 16.8 Å². The van der Waals surface area contributed by atoms with Gasteiger partial charge < -0.3 is 23.4 Å². The molecule has 0 rings (SSSR count). The molecule has 9 heteroatoms. The molecule has 7 nitrogen and oxygen atoms in total. The van der Waals surface area contributed by atoms with Crippen molar-refractivity contribution in [3.63, 3.8) is 0 Å². The van der Waals surface area contributed by atoms with Crippen LogP contribution in [-0.4, -0.2) is 64.9 Å². The van der Waals surface area contributed by atoms with E-state index in [9.17, 15) is 4.79 Å². The van der Waals surface area contributed by atoms with Crippen molar-refractivity contribution in [3.8, 4) is 0 Å². The SMILES string of the molecule is CC[C@H](C)CCCNC(=O)CCCN(CP(OC)OC)CP(OC)OC. The van der Waals surface area contributed by atoms with E-state index < -0.39 is 16.8 Å². The molecule has 0 aromatic rings. The van der Waals surface area contributed by atoms with Crippen LogP contribution in [0.3, 0.4) is 0 Å². The summed E-state index contributed by atoms with van der Waals surface area (Å²) in [5.41, 5.74) is 0. The van der Waals surface area contributed by atoms with E-state index in [1.807, 2.05) is 0 Å². The second-order valence-electron chi connectivity index (χ2n) is 6.18. The van der Waals surface area contributed by atoms with Crippen molar-refractivity contribution in [3.05, 3.63) is 0 Å². The second kappa shape index (κ2) is 17.2. The predicted molar refractivity (Wildman–Crippen MR) is 109 cm³/mol. The summed E-state index contributed by atoms with van der Waals surface area (Å²) < 4.78 is 21.4. The molecule has 0 radical (unpaired) electrons. The van der Waals surface area contributed by atoms with Crippen LogP contribution < -0.4 is 5.32 Å². The summed E-state index contributed by atoms with van der Waals surface area (Å²) in [6.45, 7) is 5.99. The highest BCUT2D eigenvalue weighted by Gasteiger charge is 2.19. The molecule has 0 unspecified atom stereocenters. The van der Waals surface area contributed by atoms with Crippen LogP contribution in [0, 0.1) is 5.92 Å². The Balaban J connectivity index is 4.18. The highest BCUT2D eigenvalue weighted by Crippen LogP contribution is 2.41. The number of carbonyl (C=O) groups excluding carboxylic acids is 1. The van der Waals surface area contributed by atoms with Crippen LogP contribution in [0.2, 0.25) is 0 Å². The molecule has 26 heavy (non-hydrogen) atoms. The molecule has 0 aliphatic heterocycles. The summed E-state index contributed by atoms with van der Waals surface area (Å²) in [5.74, 6) is 0.851. The molecule has 0 saturated heterocycles. The Morgan fingerprint density at radius 2 is 1.54 bits per heavy atom. The largest absolute Gasteiger partial charge is 0.356 e. The Labute approximate surface area is 162 Å². The molecule has 0 heterocycles. The summed E-state index contributed by atoms with van der Waals surface area (Å²) in [4.78, 5) is 14.2. The number of hydrogen-bond acceptors (Lipinski definition) is 6. The number of nitrogens with zero attached hydrogens (tertiary/aromatic N) is 1. The number of rotatable bonds is 17. The quantitative estimate of drug-likeness (QED) is 0.286. The average Bonchev–Trinajstić information content (AvgIpc) is 2.66. The van der Waals surface area contributed by atoms with Gasteiger partial charge in [-0.25, -0.2) is 0 Å². The normalized spacial score (nSPS) is 13.0. The smallest absolute Gasteiger partial charge is 0.220 e. The van der Waals surface area contributed by atoms with E-state index in [4.69, 9.17) is 18.1 Å². The van der Waals surface area contributed by atoms with Gasteiger partial charge >= 0.3 is 0 Å². The zero-order valence-electron chi connectivity index (χ0n) is 17.3. The lowest BCUT2D eigenvalue weighted by Crippen LogP contribution is -2.29. The molecule has 0 saturated carbocycles. The van der Waals surface area contributed by atoms with Gasteiger partial charge in [-0.1, -0.05) is 20.3 Å². The van der Waals surface area contributed by atoms with E-state index in [2.05, 4.69) is 24.1 Å². The lowest BCUT2D eigenvalue weighted by atomic mass is 10.0. The first kappa shape index (κ1) is 26.1. The van der Waals surface area contributed by atoms with Crippen LogP contribution in [0.5, 0.6) is 0 Å². The summed E-state index contributed by atoms with van der Waals surface area (Å²) in [5, 5.41) is 3.01. The van der Waals surface area contributed by atoms with Crippen molar-refractivity contribution in [1.29, 1.82) is 0 Å². The minimum atomic E-state index is -0.963. The van der Waals surface area contributed by atoms with Gasteiger partial charge in [-0.15, -0.1) is 0 Å². The maximum Gasteiger partial charge on any atom is 0.220 e. The Bertz CT molecular complexity index is 331. The fourth-order valence-electron chi connectivity index (χ4n) is 2.33. The number of amides is 1. The maximum absolute atomic E-state index is 12.0. The van der Waals surface area contributed by atoms with E-state index in [1.165, 1.54) is 12.8 Å². The van der Waals surface area contributed by atoms with Crippen molar-refractivity contribution >= 4 is 22.7 Å². The highest BCUT2D eigenvalue weighted by atomic mass is 31.2. The van der Waals surface area contributed by atoms with E-state index in [-0.39, 0.29) is 5.91 Å². The van der Waals surface area contributed by atoms with E-state index in [1.54, 1.807) is 28.4 Å². The van der Waals surface area contributed by atoms with Crippen LogP contribution in [0.25, 0.3) is 0 Å². The van der Waals surface area contributed by atoms with Crippen LogP contribution in [0.15, 0.2) is 0 Å². The van der Waals surface area contributed by atoms with Gasteiger partial charge in [0.2, 0.25) is 5.91 Å². The fourth-order valence-corrected chi connectivity index (χ4v) is 4.38. The molecule has 0 aromatic carbocycles. The van der Waals surface area contributed by atoms with Crippen molar-refractivity contribution < 1.29 is 22.9 Å². The van der Waals surface area contributed by atoms with E-state index in [0.717, 1.165) is 31.8 Å². The van der Waals surface area contributed by atoms with Gasteiger partial charge in [-0.2, -0.15) is 0 Å². The molecule has 0 aromatic heterocycles. The van der Waals surface area contributed by atoms with Gasteiger partial charge in [-0.3, -0.25) is 9.69 Å². The Morgan fingerprint density at radius 1 is 1.00 bits per heavy atom. The van der Waals surface area contributed by atoms with E-state index >= 15 is 0 Å². The first-order valence-corrected chi connectivity index (χ1v) is 11.9. The van der Waals surface area contributed by atoms with Crippen molar-refractivity contribution in [2.45, 2.75) is 46.0 Å². The average molecular weight is 412 g/mol. The summed E-state index contributed by atoms with van der Waals surface area (Å²) >= 11 is 0. The summed E-state index contributed by atoms with van der Waals surface area (Å²) in [6.07, 6.45) is 6.06. The maximum atomic E-state index is 12.0. The number of nitrogens with one attached hydrogen (secondary N) is 1. The monoisotopic (exact) mass is 412 g/mol. The van der Waals surface area contributed by atoms with Crippen LogP contribution in [0.1, 0.15) is 46.0 Å². The molecule has 1 N–H and O–H groups in total. The molecule has 156 valence electrons. The molecule has 0 aliphatic rings. The minimum absolute atomic E-state index is 0.121. The van der Waals surface area contributed by atoms with Gasteiger partial charge in [0.05, 0.1) is 12.6 Å². The van der Waals surface area contributed by atoms with Crippen molar-refractivity contribution in [2.24, 2.45) is 5.92 Å². The molecule has 0 bridgehead atoms. The lowest BCUT2D eigenvalue weighted by molar-refractivity contribution is -0.121. The Morgan fingerprint density at radius 3 is 2.00 bits per heavy atom. The molecule has 1 amide bonds. The standard InChI is InChI=1S/C17H38N2O5P2/c1-7-16(2)10-8-12-18-17(20)11-9-13-19(14-25(21-3)22-4)15-26(23-5)24-6/h16H,7-15H2,1-6H3,(H,18,20)/t16-/m0/s1. The third-order valence-electron chi connectivity index (χ3n) is 4.22. The third-order valence-corrected chi connectivity index (χ3v) is 7.11. The molecule has 0 spiro atoms. The van der Waals surface area contributed by atoms with Gasteiger partial charge in [0.25, 0.3) is 0 Å². The van der Waals surface area contributed by atoms with Gasteiger partial charge in [0.1, 0.15) is 0 Å². The lowest BCUT2D eigenvalue weighted by Gasteiger charge is -2.27. The Hall–Kier alpha value is 0.130. The summed E-state index contributed by atoms with van der Waals surface area (Å²) in [6, 6.07) is 0. The van der Waals surface area contributed by atoms with Crippen LogP contribution in [0.4, 0.5) is 0 Å². The molecular formula is C17H38N2O5P2. The van der Waals surface area contributed by atoms with Crippen molar-refractivity contribution in [2.75, 3.05) is 54.1 Å². The Kier molecular flexibility index (Phi) is 17.3. The van der Waals surface area contributed by atoms with E-state index in [0.29, 0.717) is 19.0 Å². The van der Waals surface area contributed by atoms with Crippen LogP contribution in [-0.2, 0) is 22.9 Å². The highest BCUT2D eigenvalue weighted by molar-refractivity contribution is 7.48. The molecule has 1 atom stereocenters. The number of carbonyl (C=O) groups is 1. The van der Waals surface area contributed by atoms with Crippen molar-refractivity contribution in [1.82, 2.24) is 10.2 Å². The second-order valence-corrected chi connectivity index (χ2v) is 9.54. The molecular weight excluding hydrogens is 374 g/mol. The molecule has 0 fully saturated rings. The number of hydrogen-bond donors (Lipinski definition) is 1. The molecule has 0 aliphatic carbocycles. The predicted octanol–water partition coefficient (Wildman–Crippen LogP) is 4.14. The van der Waals surface area contributed by atoms with Gasteiger partial charge in [0.15, 0.2) is 16.8 Å². The minimum Gasteiger partial charge on any atom is -0.356 e. The summed E-state index contributed by atoms with van der Waals surface area (Å²) in [7, 11) is 4.67. The zero-order chi connectivity index (χ0) is 19.8. The third kappa shape index (κ3) is 13.3. The van der Waals surface area contributed by atoms with Gasteiger partial charge in [-0.05, 0) is 31.7 Å². The van der Waals surface area contributed by atoms with Gasteiger partial charge in [0, 0.05) is 41.4 Å². The first-order chi connectivity index (χ1) is 12.5. The zero-order valence-corrected chi connectivity index (χ0v) is 19.1. The topological polar surface area (TPSA) is 69.3 Å².